The van der Waals surface area contributed by atoms with Crippen molar-refractivity contribution in [1.82, 2.24) is 4.90 Å². The van der Waals surface area contributed by atoms with Gasteiger partial charge in [0.2, 0.25) is 5.91 Å². The van der Waals surface area contributed by atoms with Gasteiger partial charge in [0.05, 0.1) is 59.3 Å². The first-order valence-electron chi connectivity index (χ1n) is 13.6. The molecule has 9 nitrogen and oxygen atoms in total. The van der Waals surface area contributed by atoms with Crippen molar-refractivity contribution in [2.24, 2.45) is 5.11 Å². The molecule has 2 aromatic carbocycles. The first-order valence-corrected chi connectivity index (χ1v) is 13.6. The van der Waals surface area contributed by atoms with E-state index in [9.17, 15) is 4.79 Å². The Bertz CT molecular complexity index is 1050. The van der Waals surface area contributed by atoms with Crippen molar-refractivity contribution < 1.29 is 23.7 Å². The standard InChI is InChI=1S/C30H40N4O5/c1-34(30(35)14-17-36-19-21-38-23-24-39-22-20-37-18-15-32-33-31)16-6-11-29-27-9-4-2-7-25(27)12-13-26-8-3-5-10-28(26)29/h2-5,7-11H,6,12-24H2,1H3. The fraction of sp³-hybridized carbons (Fsp3) is 0.500. The van der Waals surface area contributed by atoms with Gasteiger partial charge in [-0.15, -0.1) is 0 Å². The molecule has 0 atom stereocenters. The lowest BCUT2D eigenvalue weighted by Gasteiger charge is -2.17. The van der Waals surface area contributed by atoms with E-state index in [4.69, 9.17) is 24.5 Å². The van der Waals surface area contributed by atoms with E-state index in [-0.39, 0.29) is 5.91 Å². The number of amides is 1. The number of rotatable bonds is 18. The van der Waals surface area contributed by atoms with E-state index in [0.717, 1.165) is 19.3 Å². The largest absolute Gasteiger partial charge is 0.379 e. The normalized spacial score (nSPS) is 12.2. The molecule has 0 spiro atoms. The fourth-order valence-corrected chi connectivity index (χ4v) is 4.43. The van der Waals surface area contributed by atoms with E-state index in [0.29, 0.717) is 72.4 Å². The summed E-state index contributed by atoms with van der Waals surface area (Å²) in [4.78, 5) is 17.0. The van der Waals surface area contributed by atoms with Crippen LogP contribution in [0.15, 0.2) is 59.7 Å². The monoisotopic (exact) mass is 536 g/mol. The highest BCUT2D eigenvalue weighted by atomic mass is 16.6. The molecule has 0 saturated carbocycles. The van der Waals surface area contributed by atoms with Crippen molar-refractivity contribution in [2.45, 2.75) is 25.7 Å². The lowest BCUT2D eigenvalue weighted by atomic mass is 9.93. The molecule has 210 valence electrons. The van der Waals surface area contributed by atoms with Gasteiger partial charge in [-0.25, -0.2) is 0 Å². The Morgan fingerprint density at radius 1 is 0.846 bits per heavy atom. The quantitative estimate of drug-likeness (QED) is 0.117. The lowest BCUT2D eigenvalue weighted by Crippen LogP contribution is -2.28. The predicted molar refractivity (Wildman–Crippen MR) is 152 cm³/mol. The van der Waals surface area contributed by atoms with Crippen LogP contribution >= 0.6 is 0 Å². The topological polar surface area (TPSA) is 106 Å². The number of fused-ring (bicyclic) bond motifs is 2. The molecule has 1 amide bonds. The van der Waals surface area contributed by atoms with Crippen molar-refractivity contribution >= 4 is 11.5 Å². The lowest BCUT2D eigenvalue weighted by molar-refractivity contribution is -0.131. The van der Waals surface area contributed by atoms with Crippen LogP contribution in [0.5, 0.6) is 0 Å². The van der Waals surface area contributed by atoms with Gasteiger partial charge in [0.1, 0.15) is 0 Å². The van der Waals surface area contributed by atoms with Gasteiger partial charge in [-0.2, -0.15) is 0 Å². The summed E-state index contributed by atoms with van der Waals surface area (Å²) in [6.45, 7) is 4.48. The van der Waals surface area contributed by atoms with Crippen molar-refractivity contribution in [1.29, 1.82) is 0 Å². The number of carbonyl (C=O) groups is 1. The Hall–Kier alpha value is -3.20. The van der Waals surface area contributed by atoms with Crippen molar-refractivity contribution in [2.75, 3.05) is 73.0 Å². The minimum atomic E-state index is 0.0750. The van der Waals surface area contributed by atoms with Crippen LogP contribution in [0.2, 0.25) is 0 Å². The zero-order chi connectivity index (χ0) is 27.5. The Morgan fingerprint density at radius 3 is 1.92 bits per heavy atom. The minimum Gasteiger partial charge on any atom is -0.379 e. The van der Waals surface area contributed by atoms with Crippen LogP contribution < -0.4 is 0 Å². The molecule has 0 heterocycles. The van der Waals surface area contributed by atoms with Gasteiger partial charge in [0, 0.05) is 25.0 Å². The second-order valence-electron chi connectivity index (χ2n) is 9.19. The first kappa shape index (κ1) is 30.3. The van der Waals surface area contributed by atoms with Gasteiger partial charge in [-0.1, -0.05) is 59.7 Å². The molecule has 0 aromatic heterocycles. The summed E-state index contributed by atoms with van der Waals surface area (Å²) in [7, 11) is 1.85. The van der Waals surface area contributed by atoms with Gasteiger partial charge in [0.15, 0.2) is 0 Å². The van der Waals surface area contributed by atoms with Gasteiger partial charge in [0.25, 0.3) is 0 Å². The summed E-state index contributed by atoms with van der Waals surface area (Å²) < 4.78 is 21.7. The number of nitrogens with zero attached hydrogens (tertiary/aromatic N) is 4. The molecule has 1 aliphatic carbocycles. The molecule has 0 N–H and O–H groups in total. The average Bonchev–Trinajstić information content (AvgIpc) is 3.12. The molecular formula is C30H40N4O5. The summed E-state index contributed by atoms with van der Waals surface area (Å²) >= 11 is 0. The number of aryl methyl sites for hydroxylation is 2. The zero-order valence-electron chi connectivity index (χ0n) is 22.9. The second-order valence-corrected chi connectivity index (χ2v) is 9.19. The summed E-state index contributed by atoms with van der Waals surface area (Å²) in [6, 6.07) is 17.3. The Labute approximate surface area is 231 Å². The van der Waals surface area contributed by atoms with E-state index in [1.54, 1.807) is 4.90 Å². The van der Waals surface area contributed by atoms with Crippen LogP contribution in [0, 0.1) is 0 Å². The van der Waals surface area contributed by atoms with Crippen LogP contribution in [-0.4, -0.2) is 83.8 Å². The summed E-state index contributed by atoms with van der Waals surface area (Å²) in [5.74, 6) is 0.0750. The number of benzene rings is 2. The van der Waals surface area contributed by atoms with E-state index in [1.807, 2.05) is 7.05 Å². The van der Waals surface area contributed by atoms with Crippen molar-refractivity contribution in [3.05, 3.63) is 87.3 Å². The van der Waals surface area contributed by atoms with Crippen LogP contribution in [0.1, 0.15) is 35.1 Å². The molecule has 0 aliphatic heterocycles. The molecule has 3 rings (SSSR count). The molecule has 0 fully saturated rings. The predicted octanol–water partition coefficient (Wildman–Crippen LogP) is 4.83. The smallest absolute Gasteiger partial charge is 0.224 e. The molecule has 39 heavy (non-hydrogen) atoms. The third-order valence-electron chi connectivity index (χ3n) is 6.49. The number of carbonyl (C=O) groups excluding carboxylic acids is 1. The zero-order valence-corrected chi connectivity index (χ0v) is 22.9. The molecule has 1 aliphatic rings. The Balaban J connectivity index is 1.27. The highest BCUT2D eigenvalue weighted by Gasteiger charge is 2.17. The Kier molecular flexibility index (Phi) is 14.1. The highest BCUT2D eigenvalue weighted by molar-refractivity contribution is 5.84. The fourth-order valence-electron chi connectivity index (χ4n) is 4.43. The van der Waals surface area contributed by atoms with E-state index >= 15 is 0 Å². The van der Waals surface area contributed by atoms with Crippen LogP contribution in [0.4, 0.5) is 0 Å². The third kappa shape index (κ3) is 10.8. The number of azide groups is 1. The van der Waals surface area contributed by atoms with E-state index in [1.165, 1.54) is 27.8 Å². The van der Waals surface area contributed by atoms with Gasteiger partial charge < -0.3 is 23.8 Å². The second kappa shape index (κ2) is 18.2. The van der Waals surface area contributed by atoms with Crippen molar-refractivity contribution in [3.8, 4) is 0 Å². The van der Waals surface area contributed by atoms with E-state index < -0.39 is 0 Å². The SMILES string of the molecule is CN(CCC=C1c2ccccc2CCc2ccccc21)C(=O)CCOCCOCCOCCOCCN=[N+]=[N-]. The molecule has 0 saturated heterocycles. The maximum Gasteiger partial charge on any atom is 0.224 e. The summed E-state index contributed by atoms with van der Waals surface area (Å²) in [5, 5.41) is 3.38. The average molecular weight is 537 g/mol. The number of ether oxygens (including phenoxy) is 4. The molecule has 9 heteroatoms. The van der Waals surface area contributed by atoms with Crippen LogP contribution in [0.3, 0.4) is 0 Å². The van der Waals surface area contributed by atoms with Gasteiger partial charge in [-0.05, 0) is 52.6 Å². The van der Waals surface area contributed by atoms with Crippen LogP contribution in [0.25, 0.3) is 16.0 Å². The minimum absolute atomic E-state index is 0.0750. The number of hydrogen-bond acceptors (Lipinski definition) is 6. The first-order chi connectivity index (χ1) is 19.2. The molecule has 2 aromatic rings. The Morgan fingerprint density at radius 2 is 1.36 bits per heavy atom. The third-order valence-corrected chi connectivity index (χ3v) is 6.49. The summed E-state index contributed by atoms with van der Waals surface area (Å²) in [5.41, 5.74) is 14.8. The number of hydrogen-bond donors (Lipinski definition) is 0. The maximum absolute atomic E-state index is 12.6. The van der Waals surface area contributed by atoms with Gasteiger partial charge >= 0.3 is 0 Å². The summed E-state index contributed by atoms with van der Waals surface area (Å²) in [6.07, 6.45) is 5.50. The van der Waals surface area contributed by atoms with E-state index in [2.05, 4.69) is 64.6 Å². The van der Waals surface area contributed by atoms with Crippen molar-refractivity contribution in [3.63, 3.8) is 0 Å². The van der Waals surface area contributed by atoms with Gasteiger partial charge in [-0.3, -0.25) is 4.79 Å². The molecule has 0 bridgehead atoms. The molecule has 0 unspecified atom stereocenters. The molecular weight excluding hydrogens is 496 g/mol. The maximum atomic E-state index is 12.6. The molecule has 0 radical (unpaired) electrons. The highest BCUT2D eigenvalue weighted by Crippen LogP contribution is 2.33. The van der Waals surface area contributed by atoms with Crippen LogP contribution in [-0.2, 0) is 36.6 Å².